The molecule has 0 aliphatic rings. The summed E-state index contributed by atoms with van der Waals surface area (Å²) in [5.74, 6) is -0.514. The lowest BCUT2D eigenvalue weighted by Gasteiger charge is -2.10. The van der Waals surface area contributed by atoms with Crippen molar-refractivity contribution in [2.45, 2.75) is 12.3 Å². The number of hydrogen-bond donors (Lipinski definition) is 0. The molecule has 1 aromatic rings. The maximum absolute atomic E-state index is 11.4. The second-order valence-electron chi connectivity index (χ2n) is 3.00. The SMILES string of the molecule is COC(=O)c1cccc(OC(C)=O)c1CBr. The highest BCUT2D eigenvalue weighted by Gasteiger charge is 2.16. The Labute approximate surface area is 102 Å². The Bertz CT molecular complexity index is 414. The third-order valence-electron chi connectivity index (χ3n) is 1.93. The number of carbonyl (C=O) groups is 2. The Balaban J connectivity index is 3.20. The highest BCUT2D eigenvalue weighted by molar-refractivity contribution is 9.08. The van der Waals surface area contributed by atoms with Crippen LogP contribution in [0.2, 0.25) is 0 Å². The fourth-order valence-corrected chi connectivity index (χ4v) is 1.83. The van der Waals surface area contributed by atoms with Crippen molar-refractivity contribution in [1.82, 2.24) is 0 Å². The minimum atomic E-state index is -0.455. The number of ether oxygens (including phenoxy) is 2. The molecule has 0 saturated heterocycles. The van der Waals surface area contributed by atoms with Gasteiger partial charge in [-0.2, -0.15) is 0 Å². The van der Waals surface area contributed by atoms with Gasteiger partial charge >= 0.3 is 11.9 Å². The summed E-state index contributed by atoms with van der Waals surface area (Å²) in [5, 5.41) is 0.404. The summed E-state index contributed by atoms with van der Waals surface area (Å²) in [6, 6.07) is 4.89. The normalized spacial score (nSPS) is 9.69. The zero-order chi connectivity index (χ0) is 12.1. The molecule has 16 heavy (non-hydrogen) atoms. The van der Waals surface area contributed by atoms with Gasteiger partial charge in [0.1, 0.15) is 5.75 Å². The molecule has 5 heteroatoms. The van der Waals surface area contributed by atoms with Crippen LogP contribution in [0.1, 0.15) is 22.8 Å². The monoisotopic (exact) mass is 286 g/mol. The molecule has 4 nitrogen and oxygen atoms in total. The van der Waals surface area contributed by atoms with Crippen molar-refractivity contribution in [3.05, 3.63) is 29.3 Å². The van der Waals surface area contributed by atoms with Gasteiger partial charge in [0.05, 0.1) is 12.7 Å². The Morgan fingerprint density at radius 1 is 1.38 bits per heavy atom. The predicted octanol–water partition coefficient (Wildman–Crippen LogP) is 2.29. The lowest BCUT2D eigenvalue weighted by atomic mass is 10.1. The first-order valence-electron chi connectivity index (χ1n) is 4.54. The molecule has 0 aromatic heterocycles. The number of rotatable bonds is 3. The average molecular weight is 287 g/mol. The molecular weight excluding hydrogens is 276 g/mol. The number of carbonyl (C=O) groups excluding carboxylic acids is 2. The molecule has 0 aliphatic heterocycles. The van der Waals surface area contributed by atoms with E-state index in [1.54, 1.807) is 18.2 Å². The van der Waals surface area contributed by atoms with Crippen LogP contribution in [0.3, 0.4) is 0 Å². The smallest absolute Gasteiger partial charge is 0.338 e. The number of alkyl halides is 1. The highest BCUT2D eigenvalue weighted by Crippen LogP contribution is 2.25. The van der Waals surface area contributed by atoms with E-state index in [4.69, 9.17) is 4.74 Å². The lowest BCUT2D eigenvalue weighted by Crippen LogP contribution is -2.09. The molecule has 86 valence electrons. The third kappa shape index (κ3) is 2.82. The second-order valence-corrected chi connectivity index (χ2v) is 3.56. The number of halogens is 1. The third-order valence-corrected chi connectivity index (χ3v) is 2.49. The van der Waals surface area contributed by atoms with E-state index in [0.29, 0.717) is 22.2 Å². The van der Waals surface area contributed by atoms with Crippen LogP contribution in [0.25, 0.3) is 0 Å². The summed E-state index contributed by atoms with van der Waals surface area (Å²) in [7, 11) is 1.30. The van der Waals surface area contributed by atoms with E-state index in [-0.39, 0.29) is 0 Å². The zero-order valence-corrected chi connectivity index (χ0v) is 10.5. The van der Waals surface area contributed by atoms with Crippen molar-refractivity contribution in [2.24, 2.45) is 0 Å². The van der Waals surface area contributed by atoms with Crippen molar-refractivity contribution in [3.63, 3.8) is 0 Å². The average Bonchev–Trinajstić information content (AvgIpc) is 2.27. The van der Waals surface area contributed by atoms with Gasteiger partial charge in [0.25, 0.3) is 0 Å². The summed E-state index contributed by atoms with van der Waals surface area (Å²) in [5.41, 5.74) is 0.989. The van der Waals surface area contributed by atoms with Crippen LogP contribution in [0.15, 0.2) is 18.2 Å². The molecule has 1 aromatic carbocycles. The van der Waals surface area contributed by atoms with Crippen LogP contribution in [0.5, 0.6) is 5.75 Å². The Hall–Kier alpha value is -1.36. The molecule has 0 bridgehead atoms. The van der Waals surface area contributed by atoms with Gasteiger partial charge in [-0.05, 0) is 12.1 Å². The lowest BCUT2D eigenvalue weighted by molar-refractivity contribution is -0.131. The van der Waals surface area contributed by atoms with Crippen molar-refractivity contribution in [3.8, 4) is 5.75 Å². The Morgan fingerprint density at radius 2 is 2.06 bits per heavy atom. The molecular formula is C11H11BrO4. The van der Waals surface area contributed by atoms with Crippen LogP contribution >= 0.6 is 15.9 Å². The maximum Gasteiger partial charge on any atom is 0.338 e. The fourth-order valence-electron chi connectivity index (χ4n) is 1.26. The van der Waals surface area contributed by atoms with E-state index in [2.05, 4.69) is 20.7 Å². The highest BCUT2D eigenvalue weighted by atomic mass is 79.9. The first kappa shape index (κ1) is 12.7. The Morgan fingerprint density at radius 3 is 2.56 bits per heavy atom. The summed E-state index contributed by atoms with van der Waals surface area (Å²) in [6.07, 6.45) is 0. The first-order valence-corrected chi connectivity index (χ1v) is 5.67. The molecule has 0 radical (unpaired) electrons. The number of methoxy groups -OCH3 is 1. The van der Waals surface area contributed by atoms with E-state index in [9.17, 15) is 9.59 Å². The summed E-state index contributed by atoms with van der Waals surface area (Å²) >= 11 is 3.25. The second kappa shape index (κ2) is 5.65. The number of hydrogen-bond acceptors (Lipinski definition) is 4. The predicted molar refractivity (Wildman–Crippen MR) is 61.7 cm³/mol. The van der Waals surface area contributed by atoms with E-state index in [1.807, 2.05) is 0 Å². The molecule has 0 amide bonds. The van der Waals surface area contributed by atoms with Crippen LogP contribution < -0.4 is 4.74 Å². The van der Waals surface area contributed by atoms with Crippen LogP contribution in [-0.2, 0) is 14.9 Å². The zero-order valence-electron chi connectivity index (χ0n) is 8.95. The molecule has 0 spiro atoms. The molecule has 0 N–H and O–H groups in total. The van der Waals surface area contributed by atoms with Crippen molar-refractivity contribution < 1.29 is 19.1 Å². The minimum Gasteiger partial charge on any atom is -0.465 e. The van der Waals surface area contributed by atoms with Gasteiger partial charge in [-0.1, -0.05) is 22.0 Å². The summed E-state index contributed by atoms with van der Waals surface area (Å²) in [6.45, 7) is 1.31. The first-order chi connectivity index (χ1) is 7.60. The topological polar surface area (TPSA) is 52.6 Å². The van der Waals surface area contributed by atoms with Gasteiger partial charge in [0.2, 0.25) is 0 Å². The van der Waals surface area contributed by atoms with E-state index < -0.39 is 11.9 Å². The molecule has 0 unspecified atom stereocenters. The van der Waals surface area contributed by atoms with Crippen LogP contribution in [-0.4, -0.2) is 19.0 Å². The van der Waals surface area contributed by atoms with E-state index >= 15 is 0 Å². The van der Waals surface area contributed by atoms with Crippen molar-refractivity contribution >= 4 is 27.9 Å². The number of benzene rings is 1. The van der Waals surface area contributed by atoms with Crippen molar-refractivity contribution in [2.75, 3.05) is 7.11 Å². The largest absolute Gasteiger partial charge is 0.465 e. The minimum absolute atomic E-state index is 0.368. The summed E-state index contributed by atoms with van der Waals surface area (Å²) < 4.78 is 9.63. The number of esters is 2. The van der Waals surface area contributed by atoms with E-state index in [1.165, 1.54) is 14.0 Å². The van der Waals surface area contributed by atoms with E-state index in [0.717, 1.165) is 0 Å². The van der Waals surface area contributed by atoms with Crippen molar-refractivity contribution in [1.29, 1.82) is 0 Å². The van der Waals surface area contributed by atoms with Gasteiger partial charge in [0, 0.05) is 17.8 Å². The molecule has 0 fully saturated rings. The maximum atomic E-state index is 11.4. The van der Waals surface area contributed by atoms with Gasteiger partial charge in [-0.3, -0.25) is 4.79 Å². The van der Waals surface area contributed by atoms with Gasteiger partial charge in [0.15, 0.2) is 0 Å². The molecule has 0 saturated carbocycles. The van der Waals surface area contributed by atoms with Crippen LogP contribution in [0, 0.1) is 0 Å². The Kier molecular flexibility index (Phi) is 4.49. The summed E-state index contributed by atoms with van der Waals surface area (Å²) in [4.78, 5) is 22.3. The van der Waals surface area contributed by atoms with Gasteiger partial charge in [-0.15, -0.1) is 0 Å². The van der Waals surface area contributed by atoms with Gasteiger partial charge < -0.3 is 9.47 Å². The molecule has 0 aliphatic carbocycles. The molecule has 0 heterocycles. The van der Waals surface area contributed by atoms with Crippen LogP contribution in [0.4, 0.5) is 0 Å². The standard InChI is InChI=1S/C11H11BrO4/c1-7(13)16-10-5-3-4-8(9(10)6-12)11(14)15-2/h3-5H,6H2,1-2H3. The van der Waals surface area contributed by atoms with Gasteiger partial charge in [-0.25, -0.2) is 4.79 Å². The molecule has 1 rings (SSSR count). The quantitative estimate of drug-likeness (QED) is 0.486. The fraction of sp³-hybridized carbons (Fsp3) is 0.273. The molecule has 0 atom stereocenters.